The second kappa shape index (κ2) is 7.46. The highest BCUT2D eigenvalue weighted by Crippen LogP contribution is 2.40. The predicted molar refractivity (Wildman–Crippen MR) is 118 cm³/mol. The van der Waals surface area contributed by atoms with Crippen LogP contribution < -0.4 is 10.3 Å². The van der Waals surface area contributed by atoms with E-state index in [0.29, 0.717) is 27.9 Å². The van der Waals surface area contributed by atoms with Crippen LogP contribution in [-0.4, -0.2) is 24.0 Å². The normalized spacial score (nSPS) is 15.1. The molecule has 2 aromatic carbocycles. The average Bonchev–Trinajstić information content (AvgIpc) is 3.12. The Morgan fingerprint density at radius 3 is 2.53 bits per heavy atom. The number of rotatable bonds is 3. The van der Waals surface area contributed by atoms with Crippen molar-refractivity contribution in [3.8, 4) is 0 Å². The second-order valence-corrected chi connectivity index (χ2v) is 7.55. The number of methoxy groups -OCH3 is 1. The lowest BCUT2D eigenvalue weighted by molar-refractivity contribution is 0.0600. The van der Waals surface area contributed by atoms with Gasteiger partial charge in [0, 0.05) is 6.20 Å². The van der Waals surface area contributed by atoms with E-state index in [1.54, 1.807) is 60.8 Å². The number of amides is 1. The van der Waals surface area contributed by atoms with E-state index in [9.17, 15) is 14.4 Å². The smallest absolute Gasteiger partial charge is 0.337 e. The van der Waals surface area contributed by atoms with Gasteiger partial charge in [0.15, 0.2) is 5.43 Å². The number of hydrogen-bond acceptors (Lipinski definition) is 6. The number of ether oxygens (including phenoxy) is 1. The number of carbonyl (C=O) groups excluding carboxylic acids is 2. The number of hydrogen-bond donors (Lipinski definition) is 0. The van der Waals surface area contributed by atoms with Crippen LogP contribution in [0.15, 0.2) is 76.1 Å². The Morgan fingerprint density at radius 1 is 1.06 bits per heavy atom. The molecule has 7 nitrogen and oxygen atoms in total. The zero-order chi connectivity index (χ0) is 22.4. The van der Waals surface area contributed by atoms with Crippen molar-refractivity contribution in [3.05, 3.63) is 105 Å². The monoisotopic (exact) mass is 426 g/mol. The van der Waals surface area contributed by atoms with Crippen LogP contribution in [0.1, 0.15) is 43.6 Å². The zero-order valence-corrected chi connectivity index (χ0v) is 17.4. The molecule has 5 rings (SSSR count). The van der Waals surface area contributed by atoms with Crippen LogP contribution in [0.25, 0.3) is 11.0 Å². The summed E-state index contributed by atoms with van der Waals surface area (Å²) in [6.45, 7) is 1.89. The van der Waals surface area contributed by atoms with Gasteiger partial charge in [0.1, 0.15) is 11.4 Å². The molecule has 2 aromatic heterocycles. The number of benzene rings is 2. The summed E-state index contributed by atoms with van der Waals surface area (Å²) in [5, 5.41) is 0.413. The molecule has 7 heteroatoms. The molecule has 0 radical (unpaired) electrons. The quantitative estimate of drug-likeness (QED) is 0.460. The van der Waals surface area contributed by atoms with Crippen molar-refractivity contribution in [1.29, 1.82) is 0 Å². The van der Waals surface area contributed by atoms with E-state index in [2.05, 4.69) is 4.98 Å². The maximum Gasteiger partial charge on any atom is 0.337 e. The first-order chi connectivity index (χ1) is 15.5. The van der Waals surface area contributed by atoms with Crippen LogP contribution in [0, 0.1) is 6.92 Å². The Balaban J connectivity index is 1.76. The molecular formula is C25H18N2O5. The van der Waals surface area contributed by atoms with Crippen LogP contribution in [0.5, 0.6) is 0 Å². The van der Waals surface area contributed by atoms with E-state index < -0.39 is 17.9 Å². The highest BCUT2D eigenvalue weighted by Gasteiger charge is 2.44. The first-order valence-electron chi connectivity index (χ1n) is 10.00. The van der Waals surface area contributed by atoms with Gasteiger partial charge in [-0.3, -0.25) is 14.5 Å². The molecule has 0 saturated heterocycles. The van der Waals surface area contributed by atoms with E-state index in [4.69, 9.17) is 9.15 Å². The van der Waals surface area contributed by atoms with Crippen LogP contribution >= 0.6 is 0 Å². The third-order valence-corrected chi connectivity index (χ3v) is 5.57. The van der Waals surface area contributed by atoms with Gasteiger partial charge in [0.05, 0.1) is 29.7 Å². The van der Waals surface area contributed by atoms with Gasteiger partial charge in [-0.1, -0.05) is 29.8 Å². The predicted octanol–water partition coefficient (Wildman–Crippen LogP) is 4.03. The van der Waals surface area contributed by atoms with E-state index in [-0.39, 0.29) is 16.8 Å². The average molecular weight is 426 g/mol. The topological polar surface area (TPSA) is 89.7 Å². The molecule has 0 saturated carbocycles. The lowest BCUT2D eigenvalue weighted by atomic mass is 9.97. The molecule has 1 aliphatic rings. The van der Waals surface area contributed by atoms with E-state index in [0.717, 1.165) is 5.56 Å². The Hall–Kier alpha value is -4.26. The van der Waals surface area contributed by atoms with E-state index in [1.807, 2.05) is 13.0 Å². The summed E-state index contributed by atoms with van der Waals surface area (Å²) in [4.78, 5) is 44.6. The Morgan fingerprint density at radius 2 is 1.84 bits per heavy atom. The number of pyridine rings is 1. The molecule has 32 heavy (non-hydrogen) atoms. The largest absolute Gasteiger partial charge is 0.465 e. The molecule has 0 fully saturated rings. The van der Waals surface area contributed by atoms with Gasteiger partial charge in [-0.2, -0.15) is 0 Å². The third-order valence-electron chi connectivity index (χ3n) is 5.57. The minimum Gasteiger partial charge on any atom is -0.465 e. The molecule has 1 amide bonds. The number of esters is 1. The molecule has 4 aromatic rings. The molecule has 1 atom stereocenters. The SMILES string of the molecule is COC(=O)c1ccc([C@H]2c3c(oc4ccc(C)cc4c3=O)C(=O)N2c2ccccn2)cc1. The van der Waals surface area contributed by atoms with Gasteiger partial charge in [0.2, 0.25) is 5.76 Å². The van der Waals surface area contributed by atoms with Crippen molar-refractivity contribution >= 4 is 28.7 Å². The van der Waals surface area contributed by atoms with Crippen molar-refractivity contribution in [2.24, 2.45) is 0 Å². The molecule has 158 valence electrons. The van der Waals surface area contributed by atoms with Crippen LogP contribution in [0.4, 0.5) is 5.82 Å². The summed E-state index contributed by atoms with van der Waals surface area (Å²) in [6.07, 6.45) is 1.58. The van der Waals surface area contributed by atoms with E-state index in [1.165, 1.54) is 12.0 Å². The van der Waals surface area contributed by atoms with Gasteiger partial charge in [0.25, 0.3) is 5.91 Å². The number of fused-ring (bicyclic) bond motifs is 2. The van der Waals surface area contributed by atoms with Crippen molar-refractivity contribution in [3.63, 3.8) is 0 Å². The summed E-state index contributed by atoms with van der Waals surface area (Å²) in [5.41, 5.74) is 2.27. The van der Waals surface area contributed by atoms with Crippen molar-refractivity contribution in [2.75, 3.05) is 12.0 Å². The summed E-state index contributed by atoms with van der Waals surface area (Å²) in [5.74, 6) is -0.521. The summed E-state index contributed by atoms with van der Waals surface area (Å²) in [6, 6.07) is 16.4. The Kier molecular flexibility index (Phi) is 4.59. The van der Waals surface area contributed by atoms with Crippen molar-refractivity contribution in [2.45, 2.75) is 13.0 Å². The highest BCUT2D eigenvalue weighted by molar-refractivity contribution is 6.10. The Labute approximate surface area is 182 Å². The molecule has 0 aliphatic carbocycles. The molecule has 0 bridgehead atoms. The fourth-order valence-corrected chi connectivity index (χ4v) is 4.05. The number of anilines is 1. The molecule has 0 N–H and O–H groups in total. The summed E-state index contributed by atoms with van der Waals surface area (Å²) < 4.78 is 10.7. The number of aryl methyl sites for hydroxylation is 1. The maximum absolute atomic E-state index is 13.6. The van der Waals surface area contributed by atoms with Crippen LogP contribution in [0.3, 0.4) is 0 Å². The Bertz CT molecular complexity index is 1420. The summed E-state index contributed by atoms with van der Waals surface area (Å²) in [7, 11) is 1.31. The summed E-state index contributed by atoms with van der Waals surface area (Å²) >= 11 is 0. The zero-order valence-electron chi connectivity index (χ0n) is 17.4. The maximum atomic E-state index is 13.6. The molecule has 1 aliphatic heterocycles. The van der Waals surface area contributed by atoms with Gasteiger partial charge in [-0.05, 0) is 48.9 Å². The minimum absolute atomic E-state index is 0.000879. The molecule has 0 unspecified atom stereocenters. The lowest BCUT2D eigenvalue weighted by Gasteiger charge is -2.24. The van der Waals surface area contributed by atoms with Gasteiger partial charge >= 0.3 is 5.97 Å². The first-order valence-corrected chi connectivity index (χ1v) is 10.00. The number of carbonyl (C=O) groups is 2. The second-order valence-electron chi connectivity index (χ2n) is 7.55. The van der Waals surface area contributed by atoms with Crippen LogP contribution in [0.2, 0.25) is 0 Å². The fraction of sp³-hybridized carbons (Fsp3) is 0.120. The molecular weight excluding hydrogens is 408 g/mol. The third kappa shape index (κ3) is 2.98. The van der Waals surface area contributed by atoms with E-state index >= 15 is 0 Å². The molecule has 3 heterocycles. The highest BCUT2D eigenvalue weighted by atomic mass is 16.5. The van der Waals surface area contributed by atoms with Crippen molar-refractivity contribution in [1.82, 2.24) is 4.98 Å². The molecule has 0 spiro atoms. The number of aromatic nitrogens is 1. The minimum atomic E-state index is -0.750. The van der Waals surface area contributed by atoms with Gasteiger partial charge < -0.3 is 9.15 Å². The standard InChI is InChI=1S/C25H18N2O5/c1-14-6-11-18-17(13-14)22(28)20-21(15-7-9-16(10-8-15)25(30)31-2)27(24(29)23(20)32-18)19-5-3-4-12-26-19/h3-13,21H,1-2H3/t21-/m0/s1. The number of nitrogens with zero attached hydrogens (tertiary/aromatic N) is 2. The first kappa shape index (κ1) is 19.7. The van der Waals surface area contributed by atoms with Crippen LogP contribution in [-0.2, 0) is 4.74 Å². The van der Waals surface area contributed by atoms with Gasteiger partial charge in [-0.15, -0.1) is 0 Å². The van der Waals surface area contributed by atoms with Crippen molar-refractivity contribution < 1.29 is 18.7 Å². The fourth-order valence-electron chi connectivity index (χ4n) is 4.05. The lowest BCUT2D eigenvalue weighted by Crippen LogP contribution is -2.30. The van der Waals surface area contributed by atoms with Gasteiger partial charge in [-0.25, -0.2) is 9.78 Å².